The lowest BCUT2D eigenvalue weighted by Crippen LogP contribution is -2.30. The summed E-state index contributed by atoms with van der Waals surface area (Å²) in [5.74, 6) is 1.60. The Kier molecular flexibility index (Phi) is 5.68. The molecule has 4 heterocycles. The van der Waals surface area contributed by atoms with Crippen molar-refractivity contribution in [1.82, 2.24) is 19.8 Å². The summed E-state index contributed by atoms with van der Waals surface area (Å²) in [4.78, 5) is 4.58. The summed E-state index contributed by atoms with van der Waals surface area (Å²) in [6, 6.07) is 4.49. The van der Waals surface area contributed by atoms with Gasteiger partial charge in [0.1, 0.15) is 6.61 Å². The van der Waals surface area contributed by atoms with Gasteiger partial charge < -0.3 is 19.3 Å². The quantitative estimate of drug-likeness (QED) is 0.642. The van der Waals surface area contributed by atoms with Crippen LogP contribution in [0.15, 0.2) is 29.0 Å². The van der Waals surface area contributed by atoms with Crippen LogP contribution in [0.3, 0.4) is 0 Å². The molecule has 5 rings (SSSR count). The molecule has 2 aliphatic rings. The van der Waals surface area contributed by atoms with Gasteiger partial charge in [0.05, 0.1) is 23.0 Å². The molecule has 3 aromatic rings. The fourth-order valence-corrected chi connectivity index (χ4v) is 4.46. The molecule has 8 heteroatoms. The van der Waals surface area contributed by atoms with Crippen molar-refractivity contribution < 1.29 is 14.0 Å². The Hall–Kier alpha value is -2.45. The Morgan fingerprint density at radius 3 is 2.97 bits per heavy atom. The van der Waals surface area contributed by atoms with Gasteiger partial charge in [-0.2, -0.15) is 10.1 Å². The minimum atomic E-state index is -0.176. The molecule has 1 aliphatic heterocycles. The van der Waals surface area contributed by atoms with E-state index in [-0.39, 0.29) is 12.9 Å². The van der Waals surface area contributed by atoms with E-state index >= 15 is 0 Å². The van der Waals surface area contributed by atoms with E-state index in [1.807, 2.05) is 16.8 Å². The van der Waals surface area contributed by atoms with Crippen LogP contribution < -0.4 is 5.32 Å². The smallest absolute Gasteiger partial charge is 0.261 e. The van der Waals surface area contributed by atoms with Gasteiger partial charge in [-0.1, -0.05) is 24.9 Å². The maximum absolute atomic E-state index is 5.80. The first-order valence-corrected chi connectivity index (χ1v) is 11.1. The number of fused-ring (bicyclic) bond motifs is 1. The van der Waals surface area contributed by atoms with Crippen molar-refractivity contribution in [2.24, 2.45) is 5.92 Å². The lowest BCUT2D eigenvalue weighted by atomic mass is 9.85. The minimum absolute atomic E-state index is 0.176. The Morgan fingerprint density at radius 2 is 2.10 bits per heavy atom. The SMILES string of the molecule is C[C@H]1CCCC[C@H]1Nc1c(-c2nc(COC3CCCCO3)no2)cnn2cccc12. The molecule has 0 spiro atoms. The second kappa shape index (κ2) is 8.73. The Balaban J connectivity index is 1.39. The highest BCUT2D eigenvalue weighted by atomic mass is 16.7. The highest BCUT2D eigenvalue weighted by Crippen LogP contribution is 2.34. The van der Waals surface area contributed by atoms with Gasteiger partial charge in [-0.15, -0.1) is 0 Å². The van der Waals surface area contributed by atoms with Crippen molar-refractivity contribution >= 4 is 11.2 Å². The van der Waals surface area contributed by atoms with Crippen molar-refractivity contribution in [2.75, 3.05) is 11.9 Å². The van der Waals surface area contributed by atoms with Gasteiger partial charge >= 0.3 is 0 Å². The first-order valence-electron chi connectivity index (χ1n) is 11.1. The van der Waals surface area contributed by atoms with Crippen molar-refractivity contribution in [1.29, 1.82) is 0 Å². The van der Waals surface area contributed by atoms with E-state index in [4.69, 9.17) is 14.0 Å². The summed E-state index contributed by atoms with van der Waals surface area (Å²) in [7, 11) is 0. The third kappa shape index (κ3) is 4.06. The first kappa shape index (κ1) is 19.5. The lowest BCUT2D eigenvalue weighted by molar-refractivity contribution is -0.170. The van der Waals surface area contributed by atoms with E-state index in [1.54, 1.807) is 6.20 Å². The van der Waals surface area contributed by atoms with Crippen molar-refractivity contribution in [3.05, 3.63) is 30.4 Å². The first-order chi connectivity index (χ1) is 14.8. The fourth-order valence-electron chi connectivity index (χ4n) is 4.46. The normalized spacial score (nSPS) is 24.9. The maximum atomic E-state index is 5.80. The average molecular weight is 412 g/mol. The maximum Gasteiger partial charge on any atom is 0.261 e. The average Bonchev–Trinajstić information content (AvgIpc) is 3.44. The number of nitrogens with zero attached hydrogens (tertiary/aromatic N) is 4. The van der Waals surface area contributed by atoms with E-state index in [1.165, 1.54) is 25.7 Å². The van der Waals surface area contributed by atoms with Crippen LogP contribution in [0.2, 0.25) is 0 Å². The fraction of sp³-hybridized carbons (Fsp3) is 0.591. The highest BCUT2D eigenvalue weighted by molar-refractivity contribution is 5.85. The molecule has 0 bridgehead atoms. The summed E-state index contributed by atoms with van der Waals surface area (Å²) in [5, 5.41) is 12.4. The molecule has 0 aromatic carbocycles. The molecule has 8 nitrogen and oxygen atoms in total. The van der Waals surface area contributed by atoms with Crippen LogP contribution in [0.5, 0.6) is 0 Å². The molecule has 1 aliphatic carbocycles. The topological polar surface area (TPSA) is 86.7 Å². The van der Waals surface area contributed by atoms with Crippen LogP contribution in [0, 0.1) is 5.92 Å². The van der Waals surface area contributed by atoms with Crippen LogP contribution in [-0.2, 0) is 16.1 Å². The number of hydrogen-bond donors (Lipinski definition) is 1. The molecule has 3 aromatic heterocycles. The van der Waals surface area contributed by atoms with Crippen LogP contribution in [0.1, 0.15) is 57.7 Å². The van der Waals surface area contributed by atoms with Gasteiger partial charge in [-0.05, 0) is 50.2 Å². The monoisotopic (exact) mass is 411 g/mol. The third-order valence-electron chi connectivity index (χ3n) is 6.24. The largest absolute Gasteiger partial charge is 0.380 e. The van der Waals surface area contributed by atoms with Gasteiger partial charge in [-0.25, -0.2) is 4.52 Å². The Labute approximate surface area is 175 Å². The van der Waals surface area contributed by atoms with Crippen LogP contribution in [-0.4, -0.2) is 38.7 Å². The van der Waals surface area contributed by atoms with E-state index < -0.39 is 0 Å². The number of anilines is 1. The Morgan fingerprint density at radius 1 is 1.20 bits per heavy atom. The molecule has 3 atom stereocenters. The summed E-state index contributed by atoms with van der Waals surface area (Å²) in [5.41, 5.74) is 2.84. The molecular formula is C22H29N5O3. The molecule has 30 heavy (non-hydrogen) atoms. The van der Waals surface area contributed by atoms with E-state index in [2.05, 4.69) is 33.5 Å². The van der Waals surface area contributed by atoms with Crippen LogP contribution in [0.4, 0.5) is 5.69 Å². The highest BCUT2D eigenvalue weighted by Gasteiger charge is 2.25. The number of rotatable bonds is 6. The zero-order chi connectivity index (χ0) is 20.3. The molecule has 1 unspecified atom stereocenters. The van der Waals surface area contributed by atoms with E-state index in [9.17, 15) is 0 Å². The number of nitrogens with one attached hydrogen (secondary N) is 1. The molecule has 1 saturated heterocycles. The van der Waals surface area contributed by atoms with Gasteiger partial charge in [0.15, 0.2) is 12.1 Å². The van der Waals surface area contributed by atoms with Gasteiger partial charge in [0.25, 0.3) is 5.89 Å². The third-order valence-corrected chi connectivity index (χ3v) is 6.24. The second-order valence-corrected chi connectivity index (χ2v) is 8.41. The molecule has 0 radical (unpaired) electrons. The molecular weight excluding hydrogens is 382 g/mol. The summed E-state index contributed by atoms with van der Waals surface area (Å²) < 4.78 is 18.9. The van der Waals surface area contributed by atoms with Crippen LogP contribution in [0.25, 0.3) is 17.0 Å². The van der Waals surface area contributed by atoms with Crippen molar-refractivity contribution in [2.45, 2.75) is 70.8 Å². The predicted molar refractivity (Wildman–Crippen MR) is 112 cm³/mol. The van der Waals surface area contributed by atoms with Crippen LogP contribution >= 0.6 is 0 Å². The van der Waals surface area contributed by atoms with E-state index in [0.29, 0.717) is 23.7 Å². The number of aromatic nitrogens is 4. The van der Waals surface area contributed by atoms with Gasteiger partial charge in [-0.3, -0.25) is 0 Å². The number of hydrogen-bond acceptors (Lipinski definition) is 7. The summed E-state index contributed by atoms with van der Waals surface area (Å²) in [6.45, 7) is 3.35. The second-order valence-electron chi connectivity index (χ2n) is 8.41. The summed E-state index contributed by atoms with van der Waals surface area (Å²) in [6.07, 6.45) is 11.7. The molecule has 2 fully saturated rings. The molecule has 1 N–H and O–H groups in total. The molecule has 1 saturated carbocycles. The van der Waals surface area contributed by atoms with Crippen molar-refractivity contribution in [3.8, 4) is 11.5 Å². The zero-order valence-electron chi connectivity index (χ0n) is 17.4. The molecule has 0 amide bonds. The molecule has 160 valence electrons. The Bertz CT molecular complexity index is 978. The standard InChI is InChI=1S/C22H29N5O3/c1-15-7-2-3-8-17(15)24-21-16(13-23-27-11-6-9-18(21)27)22-25-19(26-30-22)14-29-20-10-4-5-12-28-20/h6,9,11,13,15,17,20,24H,2-5,7-8,10,12,14H2,1H3/t15-,17+,20?/m0/s1. The number of ether oxygens (including phenoxy) is 2. The lowest BCUT2D eigenvalue weighted by Gasteiger charge is -2.31. The van der Waals surface area contributed by atoms with Gasteiger partial charge in [0, 0.05) is 18.8 Å². The predicted octanol–water partition coefficient (Wildman–Crippen LogP) is 4.42. The summed E-state index contributed by atoms with van der Waals surface area (Å²) >= 11 is 0. The minimum Gasteiger partial charge on any atom is -0.380 e. The van der Waals surface area contributed by atoms with E-state index in [0.717, 1.165) is 42.6 Å². The van der Waals surface area contributed by atoms with Crippen molar-refractivity contribution in [3.63, 3.8) is 0 Å². The zero-order valence-corrected chi connectivity index (χ0v) is 17.4. The van der Waals surface area contributed by atoms with Gasteiger partial charge in [0.2, 0.25) is 0 Å².